The maximum absolute atomic E-state index is 12.6. The molecule has 112 valence electrons. The number of nitrogens with zero attached hydrogens (tertiary/aromatic N) is 1. The molecule has 0 fully saturated rings. The Morgan fingerprint density at radius 3 is 2.86 bits per heavy atom. The molecule has 1 heterocycles. The lowest BCUT2D eigenvalue weighted by Gasteiger charge is -2.19. The number of anilines is 1. The molecule has 0 bridgehead atoms. The van der Waals surface area contributed by atoms with Crippen molar-refractivity contribution in [2.24, 2.45) is 0 Å². The summed E-state index contributed by atoms with van der Waals surface area (Å²) in [5, 5.41) is 5.87. The van der Waals surface area contributed by atoms with Gasteiger partial charge in [-0.05, 0) is 36.1 Å². The quantitative estimate of drug-likeness (QED) is 0.849. The molecule has 0 saturated heterocycles. The molecule has 0 radical (unpaired) electrons. The number of thiophene rings is 1. The van der Waals surface area contributed by atoms with E-state index in [2.05, 4.69) is 12.2 Å². The lowest BCUT2D eigenvalue weighted by Crippen LogP contribution is -2.26. The molecule has 0 aliphatic heterocycles. The van der Waals surface area contributed by atoms with E-state index < -0.39 is 0 Å². The maximum atomic E-state index is 12.6. The summed E-state index contributed by atoms with van der Waals surface area (Å²) in [6, 6.07) is 9.42. The van der Waals surface area contributed by atoms with Crippen molar-refractivity contribution in [3.8, 4) is 0 Å². The zero-order chi connectivity index (χ0) is 15.2. The van der Waals surface area contributed by atoms with Crippen molar-refractivity contribution < 1.29 is 4.79 Å². The third-order valence-electron chi connectivity index (χ3n) is 3.10. The highest BCUT2D eigenvalue weighted by Crippen LogP contribution is 2.23. The molecular formula is C16H19ClN2OS. The van der Waals surface area contributed by atoms with Crippen molar-refractivity contribution in [1.29, 1.82) is 0 Å². The van der Waals surface area contributed by atoms with Gasteiger partial charge in [0, 0.05) is 29.2 Å². The molecule has 1 N–H and O–H groups in total. The van der Waals surface area contributed by atoms with Gasteiger partial charge < -0.3 is 10.2 Å². The van der Waals surface area contributed by atoms with Crippen molar-refractivity contribution in [3.63, 3.8) is 0 Å². The Kier molecular flexibility index (Phi) is 5.65. The van der Waals surface area contributed by atoms with Crippen LogP contribution >= 0.6 is 22.9 Å². The zero-order valence-electron chi connectivity index (χ0n) is 12.2. The van der Waals surface area contributed by atoms with Crippen LogP contribution in [0.25, 0.3) is 0 Å². The van der Waals surface area contributed by atoms with E-state index in [0.29, 0.717) is 17.1 Å². The number of carbonyl (C=O) groups excluding carboxylic acids is 1. The van der Waals surface area contributed by atoms with E-state index in [1.165, 1.54) is 0 Å². The van der Waals surface area contributed by atoms with Gasteiger partial charge in [0.25, 0.3) is 5.91 Å². The monoisotopic (exact) mass is 322 g/mol. The number of hydrogen-bond acceptors (Lipinski definition) is 3. The molecule has 0 aliphatic rings. The van der Waals surface area contributed by atoms with Crippen LogP contribution in [0.15, 0.2) is 35.7 Å². The second kappa shape index (κ2) is 7.48. The molecular weight excluding hydrogens is 304 g/mol. The van der Waals surface area contributed by atoms with Crippen molar-refractivity contribution in [2.45, 2.75) is 19.9 Å². The van der Waals surface area contributed by atoms with Crippen LogP contribution in [0, 0.1) is 0 Å². The Bertz CT molecular complexity index is 598. The summed E-state index contributed by atoms with van der Waals surface area (Å²) in [7, 11) is 1.81. The van der Waals surface area contributed by atoms with Crippen LogP contribution in [0.2, 0.25) is 5.02 Å². The summed E-state index contributed by atoms with van der Waals surface area (Å²) in [5.41, 5.74) is 1.46. The third-order valence-corrected chi connectivity index (χ3v) is 4.19. The molecule has 0 atom stereocenters. The Labute approximate surface area is 134 Å². The summed E-state index contributed by atoms with van der Waals surface area (Å²) in [6.07, 6.45) is 1.00. The average Bonchev–Trinajstić information content (AvgIpc) is 2.98. The van der Waals surface area contributed by atoms with Gasteiger partial charge in [0.15, 0.2) is 0 Å². The van der Waals surface area contributed by atoms with E-state index in [1.807, 2.05) is 30.6 Å². The van der Waals surface area contributed by atoms with E-state index in [4.69, 9.17) is 11.6 Å². The van der Waals surface area contributed by atoms with Gasteiger partial charge in [0.2, 0.25) is 0 Å². The minimum absolute atomic E-state index is 0.0236. The van der Waals surface area contributed by atoms with Crippen LogP contribution in [0.1, 0.15) is 28.6 Å². The molecule has 1 aromatic carbocycles. The van der Waals surface area contributed by atoms with Crippen LogP contribution in [0.3, 0.4) is 0 Å². The van der Waals surface area contributed by atoms with Gasteiger partial charge in [-0.1, -0.05) is 24.6 Å². The lowest BCUT2D eigenvalue weighted by molar-refractivity contribution is 0.0787. The normalized spacial score (nSPS) is 10.4. The fourth-order valence-electron chi connectivity index (χ4n) is 2.02. The van der Waals surface area contributed by atoms with Crippen LogP contribution in [0.4, 0.5) is 5.69 Å². The van der Waals surface area contributed by atoms with Gasteiger partial charge in [0.05, 0.1) is 12.1 Å². The highest BCUT2D eigenvalue weighted by molar-refractivity contribution is 7.09. The second-order valence-corrected chi connectivity index (χ2v) is 6.33. The highest BCUT2D eigenvalue weighted by atomic mass is 35.5. The first-order valence-corrected chi connectivity index (χ1v) is 8.19. The first-order valence-electron chi connectivity index (χ1n) is 6.93. The summed E-state index contributed by atoms with van der Waals surface area (Å²) in [6.45, 7) is 3.53. The number of halogens is 1. The number of rotatable bonds is 6. The largest absolute Gasteiger partial charge is 0.384 e. The Hall–Kier alpha value is -1.52. The fraction of sp³-hybridized carbons (Fsp3) is 0.312. The first kappa shape index (κ1) is 15.9. The number of amides is 1. The van der Waals surface area contributed by atoms with E-state index in [1.54, 1.807) is 28.4 Å². The van der Waals surface area contributed by atoms with Gasteiger partial charge in [-0.25, -0.2) is 0 Å². The van der Waals surface area contributed by atoms with Crippen LogP contribution < -0.4 is 5.32 Å². The van der Waals surface area contributed by atoms with Crippen LogP contribution in [0.5, 0.6) is 0 Å². The number of hydrogen-bond donors (Lipinski definition) is 1. The summed E-state index contributed by atoms with van der Waals surface area (Å²) < 4.78 is 0. The Morgan fingerprint density at radius 2 is 2.19 bits per heavy atom. The minimum atomic E-state index is -0.0236. The zero-order valence-corrected chi connectivity index (χ0v) is 13.8. The molecule has 0 spiro atoms. The number of benzene rings is 1. The van der Waals surface area contributed by atoms with Crippen molar-refractivity contribution in [1.82, 2.24) is 4.90 Å². The summed E-state index contributed by atoms with van der Waals surface area (Å²) in [4.78, 5) is 15.5. The average molecular weight is 323 g/mol. The van der Waals surface area contributed by atoms with Gasteiger partial charge in [-0.2, -0.15) is 0 Å². The lowest BCUT2D eigenvalue weighted by atomic mass is 10.1. The van der Waals surface area contributed by atoms with Crippen LogP contribution in [-0.2, 0) is 6.54 Å². The molecule has 21 heavy (non-hydrogen) atoms. The predicted octanol–water partition coefficient (Wildman–Crippen LogP) is 4.50. The van der Waals surface area contributed by atoms with E-state index in [0.717, 1.165) is 23.5 Å². The molecule has 2 aromatic rings. The standard InChI is InChI=1S/C16H19ClN2OS/c1-3-8-18-15-7-6-12(17)10-14(15)16(20)19(2)11-13-5-4-9-21-13/h4-7,9-10,18H,3,8,11H2,1-2H3. The molecule has 5 heteroatoms. The maximum Gasteiger partial charge on any atom is 0.256 e. The van der Waals surface area contributed by atoms with Crippen LogP contribution in [-0.4, -0.2) is 24.4 Å². The molecule has 1 aromatic heterocycles. The van der Waals surface area contributed by atoms with E-state index >= 15 is 0 Å². The Morgan fingerprint density at radius 1 is 1.38 bits per heavy atom. The van der Waals surface area contributed by atoms with Gasteiger partial charge >= 0.3 is 0 Å². The molecule has 0 unspecified atom stereocenters. The fourth-order valence-corrected chi connectivity index (χ4v) is 2.95. The van der Waals surface area contributed by atoms with Crippen molar-refractivity contribution in [2.75, 3.05) is 18.9 Å². The predicted molar refractivity (Wildman–Crippen MR) is 90.3 cm³/mol. The first-order chi connectivity index (χ1) is 10.1. The molecule has 3 nitrogen and oxygen atoms in total. The number of nitrogens with one attached hydrogen (secondary N) is 1. The van der Waals surface area contributed by atoms with Gasteiger partial charge in [0.1, 0.15) is 0 Å². The SMILES string of the molecule is CCCNc1ccc(Cl)cc1C(=O)N(C)Cc1cccs1. The van der Waals surface area contributed by atoms with Gasteiger partial charge in [-0.3, -0.25) is 4.79 Å². The minimum Gasteiger partial charge on any atom is -0.384 e. The Balaban J connectivity index is 2.18. The topological polar surface area (TPSA) is 32.3 Å². The van der Waals surface area contributed by atoms with Crippen molar-refractivity contribution >= 4 is 34.5 Å². The second-order valence-electron chi connectivity index (χ2n) is 4.86. The number of carbonyl (C=O) groups is 1. The summed E-state index contributed by atoms with van der Waals surface area (Å²) >= 11 is 7.70. The van der Waals surface area contributed by atoms with E-state index in [9.17, 15) is 4.79 Å². The molecule has 1 amide bonds. The molecule has 0 saturated carbocycles. The third kappa shape index (κ3) is 4.22. The molecule has 2 rings (SSSR count). The smallest absolute Gasteiger partial charge is 0.256 e. The van der Waals surface area contributed by atoms with Gasteiger partial charge in [-0.15, -0.1) is 11.3 Å². The highest BCUT2D eigenvalue weighted by Gasteiger charge is 2.17. The van der Waals surface area contributed by atoms with Crippen molar-refractivity contribution in [3.05, 3.63) is 51.2 Å². The molecule has 0 aliphatic carbocycles. The van der Waals surface area contributed by atoms with E-state index in [-0.39, 0.29) is 5.91 Å². The summed E-state index contributed by atoms with van der Waals surface area (Å²) in [5.74, 6) is -0.0236.